The van der Waals surface area contributed by atoms with Crippen molar-refractivity contribution < 1.29 is 18.4 Å². The molecule has 0 bridgehead atoms. The maximum atomic E-state index is 13.1. The zero-order valence-electron chi connectivity index (χ0n) is 17.9. The van der Waals surface area contributed by atoms with Gasteiger partial charge in [0.2, 0.25) is 5.91 Å². The molecule has 0 fully saturated rings. The van der Waals surface area contributed by atoms with Crippen molar-refractivity contribution in [2.45, 2.75) is 19.5 Å². The van der Waals surface area contributed by atoms with Gasteiger partial charge in [0.25, 0.3) is 5.91 Å². The maximum Gasteiger partial charge on any atom is 0.294 e. The van der Waals surface area contributed by atoms with Crippen molar-refractivity contribution in [3.05, 3.63) is 126 Å². The van der Waals surface area contributed by atoms with Gasteiger partial charge in [-0.05, 0) is 53.1 Å². The van der Waals surface area contributed by atoms with Gasteiger partial charge in [-0.15, -0.1) is 0 Å². The minimum Gasteiger partial charge on any atom is -0.459 e. The first-order valence-electron chi connectivity index (χ1n) is 10.6. The van der Waals surface area contributed by atoms with Crippen LogP contribution in [0, 0.1) is 5.82 Å². The lowest BCUT2D eigenvalue weighted by Gasteiger charge is -2.22. The van der Waals surface area contributed by atoms with Gasteiger partial charge in [0, 0.05) is 12.2 Å². The van der Waals surface area contributed by atoms with Gasteiger partial charge in [0.15, 0.2) is 5.76 Å². The van der Waals surface area contributed by atoms with Crippen LogP contribution >= 0.6 is 0 Å². The number of benzene rings is 3. The SMILES string of the molecule is O=C(Cc1ccc(N(Cc2ccccc2)C(=O)c2ccco2)cc1)NCc1ccc(F)cc1. The molecule has 1 N–H and O–H groups in total. The highest BCUT2D eigenvalue weighted by molar-refractivity contribution is 6.04. The molecule has 0 spiro atoms. The van der Waals surface area contributed by atoms with E-state index in [0.29, 0.717) is 18.8 Å². The highest BCUT2D eigenvalue weighted by Crippen LogP contribution is 2.21. The van der Waals surface area contributed by atoms with Crippen LogP contribution in [0.4, 0.5) is 10.1 Å². The summed E-state index contributed by atoms with van der Waals surface area (Å²) in [6.07, 6.45) is 1.67. The summed E-state index contributed by atoms with van der Waals surface area (Å²) < 4.78 is 18.3. The van der Waals surface area contributed by atoms with Crippen molar-refractivity contribution in [3.8, 4) is 0 Å². The number of rotatable bonds is 8. The Labute approximate surface area is 191 Å². The van der Waals surface area contributed by atoms with E-state index in [0.717, 1.165) is 16.7 Å². The van der Waals surface area contributed by atoms with E-state index in [9.17, 15) is 14.0 Å². The van der Waals surface area contributed by atoms with Gasteiger partial charge >= 0.3 is 0 Å². The fraction of sp³-hybridized carbons (Fsp3) is 0.111. The van der Waals surface area contributed by atoms with E-state index >= 15 is 0 Å². The molecule has 0 atom stereocenters. The molecular weight excluding hydrogens is 419 g/mol. The van der Waals surface area contributed by atoms with Crippen molar-refractivity contribution >= 4 is 17.5 Å². The zero-order valence-corrected chi connectivity index (χ0v) is 17.9. The van der Waals surface area contributed by atoms with E-state index in [1.807, 2.05) is 54.6 Å². The van der Waals surface area contributed by atoms with Crippen molar-refractivity contribution in [1.82, 2.24) is 5.32 Å². The predicted octanol–water partition coefficient (Wildman–Crippen LogP) is 5.12. The molecule has 0 saturated carbocycles. The number of halogens is 1. The molecule has 1 heterocycles. The maximum absolute atomic E-state index is 13.1. The van der Waals surface area contributed by atoms with Crippen molar-refractivity contribution in [2.24, 2.45) is 0 Å². The van der Waals surface area contributed by atoms with Crippen molar-refractivity contribution in [2.75, 3.05) is 4.90 Å². The van der Waals surface area contributed by atoms with Crippen LogP contribution < -0.4 is 10.2 Å². The number of nitrogens with zero attached hydrogens (tertiary/aromatic N) is 1. The number of hydrogen-bond donors (Lipinski definition) is 1. The second-order valence-electron chi connectivity index (χ2n) is 7.60. The van der Waals surface area contributed by atoms with Gasteiger partial charge in [-0.2, -0.15) is 0 Å². The Morgan fingerprint density at radius 3 is 2.15 bits per heavy atom. The Hall–Kier alpha value is -4.19. The monoisotopic (exact) mass is 442 g/mol. The van der Waals surface area contributed by atoms with E-state index in [1.165, 1.54) is 18.4 Å². The molecule has 5 nitrogen and oxygen atoms in total. The Bertz CT molecular complexity index is 1190. The van der Waals surface area contributed by atoms with Crippen LogP contribution in [0.15, 0.2) is 102 Å². The zero-order chi connectivity index (χ0) is 23.0. The molecule has 1 aromatic heterocycles. The molecule has 3 aromatic carbocycles. The van der Waals surface area contributed by atoms with Crippen molar-refractivity contribution in [3.63, 3.8) is 0 Å². The Kier molecular flexibility index (Phi) is 6.95. The van der Waals surface area contributed by atoms with E-state index in [4.69, 9.17) is 4.42 Å². The van der Waals surface area contributed by atoms with Gasteiger partial charge in [-0.25, -0.2) is 4.39 Å². The quantitative estimate of drug-likeness (QED) is 0.412. The summed E-state index contributed by atoms with van der Waals surface area (Å²) in [7, 11) is 0. The molecule has 0 aliphatic rings. The average molecular weight is 442 g/mol. The van der Waals surface area contributed by atoms with Crippen LogP contribution in [0.2, 0.25) is 0 Å². The number of carbonyl (C=O) groups excluding carboxylic acids is 2. The van der Waals surface area contributed by atoms with Gasteiger partial charge in [0.1, 0.15) is 5.82 Å². The lowest BCUT2D eigenvalue weighted by Crippen LogP contribution is -2.30. The van der Waals surface area contributed by atoms with Crippen LogP contribution in [-0.4, -0.2) is 11.8 Å². The van der Waals surface area contributed by atoms with Crippen LogP contribution in [0.3, 0.4) is 0 Å². The Morgan fingerprint density at radius 1 is 0.788 bits per heavy atom. The minimum atomic E-state index is -0.308. The van der Waals surface area contributed by atoms with Gasteiger partial charge in [-0.3, -0.25) is 9.59 Å². The molecule has 33 heavy (non-hydrogen) atoms. The molecule has 0 saturated heterocycles. The third-order valence-corrected chi connectivity index (χ3v) is 5.18. The normalized spacial score (nSPS) is 10.6. The lowest BCUT2D eigenvalue weighted by molar-refractivity contribution is -0.120. The molecule has 4 aromatic rings. The molecule has 166 valence electrons. The number of nitrogens with one attached hydrogen (secondary N) is 1. The number of hydrogen-bond acceptors (Lipinski definition) is 3. The van der Waals surface area contributed by atoms with Crippen LogP contribution in [0.1, 0.15) is 27.2 Å². The summed E-state index contributed by atoms with van der Waals surface area (Å²) >= 11 is 0. The van der Waals surface area contributed by atoms with E-state index in [1.54, 1.807) is 29.2 Å². The molecular formula is C27H23FN2O3. The summed E-state index contributed by atoms with van der Waals surface area (Å²) in [6, 6.07) is 26.4. The number of carbonyl (C=O) groups is 2. The van der Waals surface area contributed by atoms with Crippen molar-refractivity contribution in [1.29, 1.82) is 0 Å². The molecule has 0 aliphatic heterocycles. The van der Waals surface area contributed by atoms with E-state index in [2.05, 4.69) is 5.32 Å². The second-order valence-corrected chi connectivity index (χ2v) is 7.60. The Morgan fingerprint density at radius 2 is 1.48 bits per heavy atom. The first-order chi connectivity index (χ1) is 16.1. The fourth-order valence-electron chi connectivity index (χ4n) is 3.42. The van der Waals surface area contributed by atoms with Gasteiger partial charge in [0.05, 0.1) is 19.2 Å². The Balaban J connectivity index is 1.43. The fourth-order valence-corrected chi connectivity index (χ4v) is 3.42. The number of amides is 2. The second kappa shape index (κ2) is 10.4. The first-order valence-corrected chi connectivity index (χ1v) is 10.6. The summed E-state index contributed by atoms with van der Waals surface area (Å²) in [4.78, 5) is 27.0. The molecule has 0 radical (unpaired) electrons. The van der Waals surface area contributed by atoms with E-state index in [-0.39, 0.29) is 29.8 Å². The van der Waals surface area contributed by atoms with E-state index < -0.39 is 0 Å². The summed E-state index contributed by atoms with van der Waals surface area (Å²) in [5.41, 5.74) is 3.34. The highest BCUT2D eigenvalue weighted by atomic mass is 19.1. The average Bonchev–Trinajstić information content (AvgIpc) is 3.38. The standard InChI is InChI=1S/C27H23FN2O3/c28-23-12-8-21(9-13-23)18-29-26(31)17-20-10-14-24(15-11-20)30(19-22-5-2-1-3-6-22)27(32)25-7-4-16-33-25/h1-16H,17-19H2,(H,29,31). The molecule has 6 heteroatoms. The first kappa shape index (κ1) is 22.0. The molecule has 0 unspecified atom stereocenters. The third-order valence-electron chi connectivity index (χ3n) is 5.18. The summed E-state index contributed by atoms with van der Waals surface area (Å²) in [5, 5.41) is 2.84. The largest absolute Gasteiger partial charge is 0.459 e. The summed E-state index contributed by atoms with van der Waals surface area (Å²) in [5.74, 6) is -0.430. The molecule has 2 amide bonds. The topological polar surface area (TPSA) is 62.6 Å². The lowest BCUT2D eigenvalue weighted by atomic mass is 10.1. The molecule has 4 rings (SSSR count). The van der Waals surface area contributed by atoms with Crippen LogP contribution in [0.25, 0.3) is 0 Å². The van der Waals surface area contributed by atoms with Gasteiger partial charge < -0.3 is 14.6 Å². The number of anilines is 1. The summed E-state index contributed by atoms with van der Waals surface area (Å²) in [6.45, 7) is 0.720. The van der Waals surface area contributed by atoms with Crippen LogP contribution in [0.5, 0.6) is 0 Å². The minimum absolute atomic E-state index is 0.139. The highest BCUT2D eigenvalue weighted by Gasteiger charge is 2.20. The molecule has 0 aliphatic carbocycles. The number of furan rings is 1. The third kappa shape index (κ3) is 5.95. The van der Waals surface area contributed by atoms with Gasteiger partial charge in [-0.1, -0.05) is 54.6 Å². The van der Waals surface area contributed by atoms with Crippen LogP contribution in [-0.2, 0) is 24.3 Å². The smallest absolute Gasteiger partial charge is 0.294 e. The predicted molar refractivity (Wildman–Crippen MR) is 124 cm³/mol.